The Bertz CT molecular complexity index is 1800. The molecule has 0 fully saturated rings. The maximum atomic E-state index is 4.57. The second-order valence-corrected chi connectivity index (χ2v) is 28.1. The fourth-order valence-electron chi connectivity index (χ4n) is 3.03. The van der Waals surface area contributed by atoms with E-state index in [1.165, 1.54) is 92.4 Å². The Morgan fingerprint density at radius 3 is 0.977 bits per heavy atom. The molecular formula is C24H15Br3S17. The highest BCUT2D eigenvalue weighted by Gasteiger charge is 2.16. The van der Waals surface area contributed by atoms with Crippen LogP contribution < -0.4 is 0 Å². The number of fused-ring (bicyclic) bond motifs is 4. The van der Waals surface area contributed by atoms with Crippen molar-refractivity contribution in [1.82, 2.24) is 0 Å². The lowest BCUT2D eigenvalue weighted by Crippen LogP contribution is -1.88. The van der Waals surface area contributed by atoms with Gasteiger partial charge in [0.15, 0.2) is 0 Å². The first-order valence-electron chi connectivity index (χ1n) is 11.0. The van der Waals surface area contributed by atoms with E-state index in [0.29, 0.717) is 0 Å². The molecule has 0 unspecified atom stereocenters. The first-order valence-corrected chi connectivity index (χ1v) is 33.5. The molecule has 6 rings (SSSR count). The van der Waals surface area contributed by atoms with E-state index < -0.39 is 0 Å². The van der Waals surface area contributed by atoms with Crippen LogP contribution in [0.3, 0.4) is 0 Å². The number of benzene rings is 4. The molecule has 2 heterocycles. The lowest BCUT2D eigenvalue weighted by Gasteiger charge is -2.17. The molecule has 0 spiro atoms. The van der Waals surface area contributed by atoms with E-state index in [1.807, 2.05) is 47.0 Å². The van der Waals surface area contributed by atoms with Crippen LogP contribution in [0, 0.1) is 0 Å². The number of hydrogen-bond acceptors (Lipinski definition) is 8. The van der Waals surface area contributed by atoms with Gasteiger partial charge in [-0.2, -0.15) is 0 Å². The first-order chi connectivity index (χ1) is 21.6. The minimum atomic E-state index is 1.15. The van der Waals surface area contributed by atoms with Gasteiger partial charge in [0.25, 0.3) is 0 Å². The monoisotopic (exact) mass is 1080 g/mol. The van der Waals surface area contributed by atoms with Gasteiger partial charge in [-0.1, -0.05) is 99.4 Å². The maximum Gasteiger partial charge on any atom is 0.0273 e. The Kier molecular flexibility index (Phi) is 26.5. The van der Waals surface area contributed by atoms with Gasteiger partial charge in [0.05, 0.1) is 0 Å². The molecule has 0 nitrogen and oxygen atoms in total. The lowest BCUT2D eigenvalue weighted by molar-refractivity contribution is 1.15. The molecule has 0 radical (unpaired) electrons. The molecule has 4 aromatic rings. The second-order valence-electron chi connectivity index (χ2n) is 6.95. The van der Waals surface area contributed by atoms with E-state index in [0.717, 1.165) is 4.47 Å². The molecule has 4 aromatic carbocycles. The van der Waals surface area contributed by atoms with Crippen LogP contribution in [0.4, 0.5) is 0 Å². The molecular weight excluding hydrogens is 1070 g/mol. The van der Waals surface area contributed by atoms with E-state index in [-0.39, 0.29) is 0 Å². The van der Waals surface area contributed by atoms with Crippen LogP contribution in [-0.2, 0) is 125 Å². The predicted octanol–water partition coefficient (Wildman–Crippen LogP) is 11.0. The topological polar surface area (TPSA) is 0 Å². The Morgan fingerprint density at radius 1 is 0.386 bits per heavy atom. The highest BCUT2D eigenvalue weighted by Crippen LogP contribution is 2.49. The zero-order chi connectivity index (χ0) is 32.0. The molecule has 234 valence electrons. The van der Waals surface area contributed by atoms with Crippen molar-refractivity contribution in [1.29, 1.82) is 0 Å². The van der Waals surface area contributed by atoms with Gasteiger partial charge in [0.1, 0.15) is 0 Å². The molecule has 2 aliphatic rings. The summed E-state index contributed by atoms with van der Waals surface area (Å²) in [4.78, 5) is 10.9. The van der Waals surface area contributed by atoms with Crippen molar-refractivity contribution < 1.29 is 0 Å². The van der Waals surface area contributed by atoms with Crippen molar-refractivity contribution in [3.8, 4) is 0 Å². The highest BCUT2D eigenvalue weighted by atomic mass is 80.9. The molecule has 0 saturated heterocycles. The third-order valence-electron chi connectivity index (χ3n) is 4.53. The Morgan fingerprint density at radius 2 is 0.659 bits per heavy atom. The fraction of sp³-hybridized carbons (Fsp3) is 0. The quantitative estimate of drug-likeness (QED) is 0.146. The van der Waals surface area contributed by atoms with Crippen molar-refractivity contribution >= 4 is 216 Å². The molecule has 0 atom stereocenters. The van der Waals surface area contributed by atoms with Crippen LogP contribution in [0.15, 0.2) is 135 Å². The summed E-state index contributed by atoms with van der Waals surface area (Å²) in [5, 5.41) is 0. The Hall–Kier alpha value is 2.58. The van der Waals surface area contributed by atoms with Crippen LogP contribution in [0.25, 0.3) is 0 Å². The van der Waals surface area contributed by atoms with Gasteiger partial charge in [0.2, 0.25) is 0 Å². The van der Waals surface area contributed by atoms with E-state index in [4.69, 9.17) is 0 Å². The summed E-state index contributed by atoms with van der Waals surface area (Å²) >= 11 is 34.6. The summed E-state index contributed by atoms with van der Waals surface area (Å²) < 4.78 is 1.15. The Balaban J connectivity index is 0.000000216. The van der Waals surface area contributed by atoms with Crippen molar-refractivity contribution in [2.24, 2.45) is 0 Å². The third kappa shape index (κ3) is 16.5. The van der Waals surface area contributed by atoms with Gasteiger partial charge in [0, 0.05) is 197 Å². The minimum Gasteiger partial charge on any atom is -0.0877 e. The fourth-order valence-corrected chi connectivity index (χ4v) is 21.8. The van der Waals surface area contributed by atoms with Crippen LogP contribution in [0.5, 0.6) is 0 Å². The lowest BCUT2D eigenvalue weighted by atomic mass is 10.3. The van der Waals surface area contributed by atoms with Gasteiger partial charge in [-0.25, -0.2) is 0 Å². The molecule has 44 heavy (non-hydrogen) atoms. The van der Waals surface area contributed by atoms with Crippen LogP contribution in [0.1, 0.15) is 0 Å². The average molecular weight is 1090 g/mol. The molecule has 0 saturated carbocycles. The number of rotatable bonds is 0. The van der Waals surface area contributed by atoms with Crippen molar-refractivity contribution in [3.05, 3.63) is 95.5 Å². The highest BCUT2D eigenvalue weighted by molar-refractivity contribution is 9.93. The van der Waals surface area contributed by atoms with Gasteiger partial charge < -0.3 is 0 Å². The summed E-state index contributed by atoms with van der Waals surface area (Å²) in [5.41, 5.74) is 0. The summed E-state index contributed by atoms with van der Waals surface area (Å²) in [6.45, 7) is 0. The van der Waals surface area contributed by atoms with E-state index in [2.05, 4.69) is 180 Å². The van der Waals surface area contributed by atoms with Gasteiger partial charge in [-0.05, 0) is 54.6 Å². The Labute approximate surface area is 344 Å². The maximum absolute atomic E-state index is 4.57. The van der Waals surface area contributed by atoms with Gasteiger partial charge >= 0.3 is 0 Å². The van der Waals surface area contributed by atoms with Crippen LogP contribution >= 0.6 is 91.2 Å². The van der Waals surface area contributed by atoms with Crippen molar-refractivity contribution in [3.63, 3.8) is 0 Å². The summed E-state index contributed by atoms with van der Waals surface area (Å²) in [7, 11) is 13.0. The zero-order valence-electron chi connectivity index (χ0n) is 21.2. The van der Waals surface area contributed by atoms with E-state index in [1.54, 1.807) is 26.6 Å². The van der Waals surface area contributed by atoms with Gasteiger partial charge in [-0.15, -0.1) is 0 Å². The summed E-state index contributed by atoms with van der Waals surface area (Å²) in [6.07, 6.45) is 0. The zero-order valence-corrected chi connectivity index (χ0v) is 39.9. The van der Waals surface area contributed by atoms with Crippen LogP contribution in [-0.4, -0.2) is 0 Å². The first kappa shape index (κ1) is 42.7. The average Bonchev–Trinajstić information content (AvgIpc) is 3.07. The second kappa shape index (κ2) is 27.3. The normalized spacial score (nSPS) is 10.6. The molecule has 2 aliphatic heterocycles. The predicted molar refractivity (Wildman–Crippen MR) is 244 cm³/mol. The number of hydrogen-bond donors (Lipinski definition) is 0. The number of halogens is 3. The van der Waals surface area contributed by atoms with Crippen molar-refractivity contribution in [2.45, 2.75) is 39.2 Å². The summed E-state index contributed by atoms with van der Waals surface area (Å²) in [5.74, 6) is 0. The third-order valence-corrected chi connectivity index (χ3v) is 25.7. The SMILES string of the molecule is BrBr.Brc1ccc2c(c1)Sc1ccccc1S2.S=S=S=S=S=S.S=S=S=S=S=S=S.c1ccc2c(c1)Sc1ccccc1S2. The molecule has 0 N–H and O–H groups in total. The van der Waals surface area contributed by atoms with Gasteiger partial charge in [-0.3, -0.25) is 0 Å². The largest absolute Gasteiger partial charge is 0.0877 e. The standard InChI is InChI=1S/C12H7BrS2.C12H8S2.Br2.S7.S6/c13-8-5-6-11-12(7-8)15-10-4-2-1-3-9(10)14-11;1-2-6-10-9(5-1)13-11-7-3-4-8-12(11)14-10;1-2;1-3-5-7-6-4-2;1-3-5-6-4-2/h1-7H;1-8H;;;. The van der Waals surface area contributed by atoms with Crippen molar-refractivity contribution in [2.75, 3.05) is 0 Å². The molecule has 0 amide bonds. The molecule has 0 bridgehead atoms. The molecule has 20 heteroatoms. The van der Waals surface area contributed by atoms with Crippen LogP contribution in [0.2, 0.25) is 0 Å². The molecule has 0 aromatic heterocycles. The smallest absolute Gasteiger partial charge is 0.0273 e. The molecule has 0 aliphatic carbocycles. The minimum absolute atomic E-state index is 1.15. The van der Waals surface area contributed by atoms with E-state index >= 15 is 0 Å². The summed E-state index contributed by atoms with van der Waals surface area (Å²) in [6, 6.07) is 32.1. The van der Waals surface area contributed by atoms with E-state index in [9.17, 15) is 0 Å².